The number of nitrogens with one attached hydrogen (secondary N) is 2. The number of carbonyl (C=O) groups is 1. The minimum atomic E-state index is -4.79. The van der Waals surface area contributed by atoms with Gasteiger partial charge in [-0.25, -0.2) is 4.79 Å². The molecule has 0 spiro atoms. The van der Waals surface area contributed by atoms with Crippen LogP contribution < -0.4 is 24.8 Å². The fourth-order valence-electron chi connectivity index (χ4n) is 2.31. The molecule has 28 heavy (non-hydrogen) atoms. The molecule has 152 valence electrons. The summed E-state index contributed by atoms with van der Waals surface area (Å²) in [5.74, 6) is 0.537. The van der Waals surface area contributed by atoms with Crippen molar-refractivity contribution in [2.45, 2.75) is 12.5 Å². The van der Waals surface area contributed by atoms with Gasteiger partial charge in [0.2, 0.25) is 0 Å². The molecule has 0 aliphatic rings. The zero-order chi connectivity index (χ0) is 20.7. The number of aliphatic hydroxyl groups is 1. The van der Waals surface area contributed by atoms with Crippen LogP contribution in [-0.2, 0) is 0 Å². The number of urea groups is 1. The van der Waals surface area contributed by atoms with Crippen molar-refractivity contribution in [3.05, 3.63) is 48.0 Å². The van der Waals surface area contributed by atoms with E-state index in [1.165, 1.54) is 26.4 Å². The van der Waals surface area contributed by atoms with Crippen molar-refractivity contribution in [3.8, 4) is 17.2 Å². The number of amides is 2. The number of aliphatic hydroxyl groups excluding tert-OH is 1. The van der Waals surface area contributed by atoms with Crippen molar-refractivity contribution in [2.24, 2.45) is 0 Å². The number of methoxy groups -OCH3 is 2. The fourth-order valence-corrected chi connectivity index (χ4v) is 2.31. The molecule has 0 bridgehead atoms. The summed E-state index contributed by atoms with van der Waals surface area (Å²) >= 11 is 0. The average molecular weight is 400 g/mol. The summed E-state index contributed by atoms with van der Waals surface area (Å²) in [5.41, 5.74) is 0.677. The van der Waals surface area contributed by atoms with Gasteiger partial charge >= 0.3 is 12.4 Å². The van der Waals surface area contributed by atoms with E-state index in [0.717, 1.165) is 12.1 Å². The van der Waals surface area contributed by atoms with E-state index >= 15 is 0 Å². The minimum Gasteiger partial charge on any atom is -0.497 e. The zero-order valence-electron chi connectivity index (χ0n) is 15.0. The highest BCUT2D eigenvalue weighted by molar-refractivity contribution is 5.89. The highest BCUT2D eigenvalue weighted by atomic mass is 19.4. The molecule has 0 saturated carbocycles. The molecule has 2 aromatic carbocycles. The zero-order valence-corrected chi connectivity index (χ0v) is 15.0. The van der Waals surface area contributed by atoms with Gasteiger partial charge in [0.1, 0.15) is 23.4 Å². The van der Waals surface area contributed by atoms with Gasteiger partial charge in [-0.3, -0.25) is 0 Å². The van der Waals surface area contributed by atoms with Crippen molar-refractivity contribution in [3.63, 3.8) is 0 Å². The molecular weight excluding hydrogens is 381 g/mol. The van der Waals surface area contributed by atoms with Gasteiger partial charge in [-0.1, -0.05) is 0 Å². The molecule has 2 aromatic rings. The van der Waals surface area contributed by atoms with E-state index in [-0.39, 0.29) is 12.2 Å². The van der Waals surface area contributed by atoms with E-state index in [4.69, 9.17) is 9.47 Å². The third-order valence-corrected chi connectivity index (χ3v) is 3.60. The number of ether oxygens (including phenoxy) is 3. The molecule has 3 N–H and O–H groups in total. The normalized spacial score (nSPS) is 12.1. The Kier molecular flexibility index (Phi) is 6.94. The number of hydrogen-bond acceptors (Lipinski definition) is 5. The number of alkyl halides is 3. The molecule has 7 nitrogen and oxygen atoms in total. The maximum Gasteiger partial charge on any atom is 0.573 e. The molecule has 0 aromatic heterocycles. The molecule has 0 radical (unpaired) electrons. The molecule has 0 aliphatic carbocycles. The molecule has 0 heterocycles. The van der Waals surface area contributed by atoms with Crippen molar-refractivity contribution in [2.75, 3.05) is 26.1 Å². The fraction of sp³-hybridized carbons (Fsp3) is 0.278. The summed E-state index contributed by atoms with van der Waals surface area (Å²) in [6.07, 6.45) is -5.86. The molecule has 2 amide bonds. The third-order valence-electron chi connectivity index (χ3n) is 3.60. The lowest BCUT2D eigenvalue weighted by Gasteiger charge is -2.17. The molecule has 2 rings (SSSR count). The first-order valence-corrected chi connectivity index (χ1v) is 8.02. The van der Waals surface area contributed by atoms with Crippen LogP contribution in [0.5, 0.6) is 17.2 Å². The Bertz CT molecular complexity index is 797. The number of rotatable bonds is 7. The van der Waals surface area contributed by atoms with Crippen molar-refractivity contribution < 1.29 is 37.3 Å². The third kappa shape index (κ3) is 6.23. The lowest BCUT2D eigenvalue weighted by atomic mass is 10.1. The van der Waals surface area contributed by atoms with Crippen LogP contribution in [0.25, 0.3) is 0 Å². The van der Waals surface area contributed by atoms with E-state index in [1.54, 1.807) is 18.2 Å². The summed E-state index contributed by atoms with van der Waals surface area (Å²) in [4.78, 5) is 11.9. The van der Waals surface area contributed by atoms with Gasteiger partial charge in [-0.15, -0.1) is 13.2 Å². The van der Waals surface area contributed by atoms with E-state index in [9.17, 15) is 23.1 Å². The number of hydrogen-bond donors (Lipinski definition) is 3. The molecule has 0 aliphatic heterocycles. The summed E-state index contributed by atoms with van der Waals surface area (Å²) in [6, 6.07) is 8.87. The standard InChI is InChI=1S/C18H19F3N2O5/c1-26-13-7-8-16(27-2)14(9-13)15(24)10-22-17(25)23-11-3-5-12(6-4-11)28-18(19,20)21/h3-9,15,24H,10H2,1-2H3,(H2,22,23,25). The van der Waals surface area contributed by atoms with Crippen LogP contribution in [0.1, 0.15) is 11.7 Å². The van der Waals surface area contributed by atoms with Crippen molar-refractivity contribution in [1.29, 1.82) is 0 Å². The van der Waals surface area contributed by atoms with Gasteiger partial charge in [0.15, 0.2) is 0 Å². The second-order valence-corrected chi connectivity index (χ2v) is 5.53. The first-order chi connectivity index (χ1) is 13.2. The molecule has 10 heteroatoms. The van der Waals surface area contributed by atoms with Gasteiger partial charge in [0.05, 0.1) is 14.2 Å². The van der Waals surface area contributed by atoms with Gasteiger partial charge in [0.25, 0.3) is 0 Å². The summed E-state index contributed by atoms with van der Waals surface area (Å²) in [7, 11) is 2.93. The number of carbonyl (C=O) groups excluding carboxylic acids is 1. The largest absolute Gasteiger partial charge is 0.573 e. The molecule has 1 unspecified atom stereocenters. The van der Waals surface area contributed by atoms with Crippen LogP contribution in [0.4, 0.5) is 23.7 Å². The Balaban J connectivity index is 1.92. The Morgan fingerprint density at radius 1 is 1.07 bits per heavy atom. The lowest BCUT2D eigenvalue weighted by Crippen LogP contribution is -2.32. The maximum absolute atomic E-state index is 12.1. The highest BCUT2D eigenvalue weighted by Gasteiger charge is 2.30. The molecular formula is C18H19F3N2O5. The lowest BCUT2D eigenvalue weighted by molar-refractivity contribution is -0.274. The smallest absolute Gasteiger partial charge is 0.497 e. The average Bonchev–Trinajstić information content (AvgIpc) is 2.66. The first kappa shape index (κ1) is 21.2. The Labute approximate surface area is 159 Å². The van der Waals surface area contributed by atoms with Gasteiger partial charge in [-0.05, 0) is 42.5 Å². The van der Waals surface area contributed by atoms with Crippen LogP contribution in [0.15, 0.2) is 42.5 Å². The first-order valence-electron chi connectivity index (χ1n) is 8.02. The second kappa shape index (κ2) is 9.18. The molecule has 0 fully saturated rings. The van der Waals surface area contributed by atoms with Crippen LogP contribution in [0.3, 0.4) is 0 Å². The summed E-state index contributed by atoms with van der Waals surface area (Å²) < 4.78 is 50.4. The van der Waals surface area contributed by atoms with Crippen LogP contribution in [0, 0.1) is 0 Å². The maximum atomic E-state index is 12.1. The predicted octanol–water partition coefficient (Wildman–Crippen LogP) is 3.46. The summed E-state index contributed by atoms with van der Waals surface area (Å²) in [6.45, 7) is -0.134. The predicted molar refractivity (Wildman–Crippen MR) is 94.7 cm³/mol. The van der Waals surface area contributed by atoms with E-state index in [0.29, 0.717) is 17.1 Å². The highest BCUT2D eigenvalue weighted by Crippen LogP contribution is 2.29. The quantitative estimate of drug-likeness (QED) is 0.663. The van der Waals surface area contributed by atoms with Crippen LogP contribution in [0.2, 0.25) is 0 Å². The van der Waals surface area contributed by atoms with Crippen LogP contribution in [-0.4, -0.2) is 38.3 Å². The summed E-state index contributed by atoms with van der Waals surface area (Å²) in [5, 5.41) is 15.2. The Morgan fingerprint density at radius 3 is 2.29 bits per heavy atom. The van der Waals surface area contributed by atoms with Gasteiger partial charge < -0.3 is 30.0 Å². The van der Waals surface area contributed by atoms with E-state index in [2.05, 4.69) is 15.4 Å². The molecule has 1 atom stereocenters. The van der Waals surface area contributed by atoms with Crippen LogP contribution >= 0.6 is 0 Å². The van der Waals surface area contributed by atoms with E-state index in [1.807, 2.05) is 0 Å². The van der Waals surface area contributed by atoms with Gasteiger partial charge in [0, 0.05) is 17.8 Å². The second-order valence-electron chi connectivity index (χ2n) is 5.53. The number of benzene rings is 2. The Morgan fingerprint density at radius 2 is 1.71 bits per heavy atom. The van der Waals surface area contributed by atoms with Gasteiger partial charge in [-0.2, -0.15) is 0 Å². The molecule has 0 saturated heterocycles. The SMILES string of the molecule is COc1ccc(OC)c(C(O)CNC(=O)Nc2ccc(OC(F)(F)F)cc2)c1. The number of halogens is 3. The topological polar surface area (TPSA) is 89.0 Å². The van der Waals surface area contributed by atoms with Crippen molar-refractivity contribution >= 4 is 11.7 Å². The Hall–Kier alpha value is -3.14. The van der Waals surface area contributed by atoms with E-state index < -0.39 is 24.2 Å². The van der Waals surface area contributed by atoms with Crippen molar-refractivity contribution in [1.82, 2.24) is 5.32 Å². The number of anilines is 1. The minimum absolute atomic E-state index is 0.134. The monoisotopic (exact) mass is 400 g/mol.